The van der Waals surface area contributed by atoms with E-state index in [0.29, 0.717) is 18.2 Å². The third-order valence-corrected chi connectivity index (χ3v) is 4.78. The van der Waals surface area contributed by atoms with Crippen LogP contribution in [0, 0.1) is 19.8 Å². The van der Waals surface area contributed by atoms with Crippen molar-refractivity contribution in [1.82, 2.24) is 9.88 Å². The topological polar surface area (TPSA) is 73.7 Å². The molecule has 0 aliphatic heterocycles. The van der Waals surface area contributed by atoms with Gasteiger partial charge >= 0.3 is 5.97 Å². The zero-order valence-electron chi connectivity index (χ0n) is 13.9. The zero-order chi connectivity index (χ0) is 16.9. The number of aromatic nitrogens is 1. The molecule has 0 radical (unpaired) electrons. The zero-order valence-corrected chi connectivity index (χ0v) is 14.7. The van der Waals surface area contributed by atoms with Gasteiger partial charge in [0.05, 0.1) is 18.2 Å². The molecule has 0 aromatic carbocycles. The number of nitrogens with zero attached hydrogens (tertiary/aromatic N) is 3. The Morgan fingerprint density at radius 2 is 1.86 bits per heavy atom. The van der Waals surface area contributed by atoms with Crippen LogP contribution in [0.1, 0.15) is 31.3 Å². The summed E-state index contributed by atoms with van der Waals surface area (Å²) in [5.74, 6) is -1.44. The molecule has 1 N–H and O–H groups in total. The monoisotopic (exact) mass is 327 g/mol. The van der Waals surface area contributed by atoms with Crippen LogP contribution in [0.2, 0.25) is 0 Å². The first-order valence-corrected chi connectivity index (χ1v) is 8.31. The number of amides is 1. The number of thiazole rings is 1. The fourth-order valence-electron chi connectivity index (χ4n) is 2.05. The maximum atomic E-state index is 12.3. The first-order chi connectivity index (χ1) is 10.3. The highest BCUT2D eigenvalue weighted by Crippen LogP contribution is 2.26. The third-order valence-electron chi connectivity index (χ3n) is 3.65. The van der Waals surface area contributed by atoms with Gasteiger partial charge in [-0.05, 0) is 27.7 Å². The summed E-state index contributed by atoms with van der Waals surface area (Å²) in [6.07, 6.45) is 0. The molecule has 1 atom stereocenters. The van der Waals surface area contributed by atoms with Gasteiger partial charge in [-0.2, -0.15) is 0 Å². The molecule has 0 saturated carbocycles. The SMILES string of the molecule is CCN(CC)C(=O)CN(CC(C)C(=O)O)c1nc(C)c(C)s1. The minimum atomic E-state index is -0.870. The van der Waals surface area contributed by atoms with Crippen molar-refractivity contribution in [3.63, 3.8) is 0 Å². The van der Waals surface area contributed by atoms with Gasteiger partial charge in [0.1, 0.15) is 0 Å². The van der Waals surface area contributed by atoms with Crippen LogP contribution in [-0.2, 0) is 9.59 Å². The Morgan fingerprint density at radius 1 is 1.27 bits per heavy atom. The van der Waals surface area contributed by atoms with E-state index in [1.54, 1.807) is 16.7 Å². The summed E-state index contributed by atoms with van der Waals surface area (Å²) in [6, 6.07) is 0. The Kier molecular flexibility index (Phi) is 6.80. The summed E-state index contributed by atoms with van der Waals surface area (Å²) in [7, 11) is 0. The van der Waals surface area contributed by atoms with Gasteiger partial charge in [0.15, 0.2) is 5.13 Å². The van der Waals surface area contributed by atoms with E-state index in [0.717, 1.165) is 10.6 Å². The number of hydrogen-bond acceptors (Lipinski definition) is 5. The molecular formula is C15H25N3O3S. The second-order valence-corrected chi connectivity index (χ2v) is 6.51. The molecule has 1 amide bonds. The number of carbonyl (C=O) groups excluding carboxylic acids is 1. The maximum Gasteiger partial charge on any atom is 0.308 e. The summed E-state index contributed by atoms with van der Waals surface area (Å²) < 4.78 is 0. The van der Waals surface area contributed by atoms with Gasteiger partial charge in [0.25, 0.3) is 0 Å². The molecule has 0 spiro atoms. The Labute approximate surface area is 135 Å². The summed E-state index contributed by atoms with van der Waals surface area (Å²) in [6.45, 7) is 11.1. The second-order valence-electron chi connectivity index (χ2n) is 5.32. The molecule has 22 heavy (non-hydrogen) atoms. The molecule has 1 aromatic rings. The number of likely N-dealkylation sites (N-methyl/N-ethyl adjacent to an activating group) is 1. The number of rotatable bonds is 8. The predicted octanol–water partition coefficient (Wildman–Crippen LogP) is 2.16. The van der Waals surface area contributed by atoms with Crippen LogP contribution < -0.4 is 4.90 Å². The maximum absolute atomic E-state index is 12.3. The van der Waals surface area contributed by atoms with Crippen LogP contribution in [0.4, 0.5) is 5.13 Å². The summed E-state index contributed by atoms with van der Waals surface area (Å²) >= 11 is 1.50. The van der Waals surface area contributed by atoms with Crippen molar-refractivity contribution in [1.29, 1.82) is 0 Å². The van der Waals surface area contributed by atoms with Crippen molar-refractivity contribution in [2.24, 2.45) is 5.92 Å². The van der Waals surface area contributed by atoms with Crippen molar-refractivity contribution in [3.05, 3.63) is 10.6 Å². The Morgan fingerprint density at radius 3 is 2.27 bits per heavy atom. The molecule has 1 rings (SSSR count). The highest BCUT2D eigenvalue weighted by molar-refractivity contribution is 7.15. The number of hydrogen-bond donors (Lipinski definition) is 1. The fourth-order valence-corrected chi connectivity index (χ4v) is 2.97. The van der Waals surface area contributed by atoms with Crippen molar-refractivity contribution >= 4 is 28.3 Å². The molecule has 6 nitrogen and oxygen atoms in total. The average molecular weight is 327 g/mol. The van der Waals surface area contributed by atoms with Crippen LogP contribution in [0.15, 0.2) is 0 Å². The normalized spacial score (nSPS) is 12.0. The Hall–Kier alpha value is -1.63. The predicted molar refractivity (Wildman–Crippen MR) is 88.5 cm³/mol. The lowest BCUT2D eigenvalue weighted by atomic mass is 10.2. The number of carbonyl (C=O) groups is 2. The van der Waals surface area contributed by atoms with Crippen molar-refractivity contribution < 1.29 is 14.7 Å². The van der Waals surface area contributed by atoms with Crippen LogP contribution in [0.25, 0.3) is 0 Å². The van der Waals surface area contributed by atoms with E-state index in [1.165, 1.54) is 11.3 Å². The summed E-state index contributed by atoms with van der Waals surface area (Å²) in [5, 5.41) is 9.85. The van der Waals surface area contributed by atoms with Crippen LogP contribution in [0.5, 0.6) is 0 Å². The van der Waals surface area contributed by atoms with Gasteiger partial charge < -0.3 is 14.9 Å². The quantitative estimate of drug-likeness (QED) is 0.792. The minimum Gasteiger partial charge on any atom is -0.481 e. The smallest absolute Gasteiger partial charge is 0.308 e. The summed E-state index contributed by atoms with van der Waals surface area (Å²) in [4.78, 5) is 32.6. The second kappa shape index (κ2) is 8.12. The number of aliphatic carboxylic acids is 1. The van der Waals surface area contributed by atoms with Gasteiger partial charge in [-0.3, -0.25) is 9.59 Å². The fraction of sp³-hybridized carbons (Fsp3) is 0.667. The number of aryl methyl sites for hydroxylation is 2. The highest BCUT2D eigenvalue weighted by Gasteiger charge is 2.23. The Balaban J connectivity index is 2.96. The van der Waals surface area contributed by atoms with Gasteiger partial charge in [-0.15, -0.1) is 11.3 Å². The van der Waals surface area contributed by atoms with Gasteiger partial charge in [0, 0.05) is 24.5 Å². The average Bonchev–Trinajstić information content (AvgIpc) is 2.79. The van der Waals surface area contributed by atoms with E-state index in [9.17, 15) is 9.59 Å². The van der Waals surface area contributed by atoms with Crippen molar-refractivity contribution in [2.45, 2.75) is 34.6 Å². The molecule has 0 aliphatic rings. The van der Waals surface area contributed by atoms with Crippen molar-refractivity contribution in [2.75, 3.05) is 31.1 Å². The van der Waals surface area contributed by atoms with E-state index in [4.69, 9.17) is 5.11 Å². The first-order valence-electron chi connectivity index (χ1n) is 7.49. The minimum absolute atomic E-state index is 0.00639. The molecule has 0 bridgehead atoms. The molecule has 1 heterocycles. The van der Waals surface area contributed by atoms with Gasteiger partial charge in [0.2, 0.25) is 5.91 Å². The molecule has 0 fully saturated rings. The van der Waals surface area contributed by atoms with E-state index < -0.39 is 11.9 Å². The third kappa shape index (κ3) is 4.69. The molecule has 124 valence electrons. The lowest BCUT2D eigenvalue weighted by Gasteiger charge is -2.27. The molecule has 7 heteroatoms. The largest absolute Gasteiger partial charge is 0.481 e. The van der Waals surface area contributed by atoms with Gasteiger partial charge in [-0.1, -0.05) is 6.92 Å². The number of anilines is 1. The standard InChI is InChI=1S/C15H25N3O3S/c1-6-17(7-2)13(19)9-18(8-10(3)14(20)21)15-16-11(4)12(5)22-15/h10H,6-9H2,1-5H3,(H,20,21). The van der Waals surface area contributed by atoms with E-state index >= 15 is 0 Å². The van der Waals surface area contributed by atoms with Crippen molar-refractivity contribution in [3.8, 4) is 0 Å². The molecule has 0 aliphatic carbocycles. The van der Waals surface area contributed by atoms with E-state index in [-0.39, 0.29) is 19.0 Å². The van der Waals surface area contributed by atoms with E-state index in [2.05, 4.69) is 4.98 Å². The van der Waals surface area contributed by atoms with E-state index in [1.807, 2.05) is 27.7 Å². The molecule has 1 unspecified atom stereocenters. The van der Waals surface area contributed by atoms with Crippen LogP contribution >= 0.6 is 11.3 Å². The van der Waals surface area contributed by atoms with Crippen LogP contribution in [-0.4, -0.2) is 53.0 Å². The number of carboxylic acid groups (broad SMARTS) is 1. The first kappa shape index (κ1) is 18.4. The highest BCUT2D eigenvalue weighted by atomic mass is 32.1. The van der Waals surface area contributed by atoms with Gasteiger partial charge in [-0.25, -0.2) is 4.98 Å². The van der Waals surface area contributed by atoms with Crippen LogP contribution in [0.3, 0.4) is 0 Å². The Bertz CT molecular complexity index is 507. The lowest BCUT2D eigenvalue weighted by molar-refractivity contribution is -0.141. The summed E-state index contributed by atoms with van der Waals surface area (Å²) in [5.41, 5.74) is 0.920. The molecule has 0 saturated heterocycles. The molecule has 1 aromatic heterocycles. The number of carboxylic acids is 1. The molecular weight excluding hydrogens is 302 g/mol. The lowest BCUT2D eigenvalue weighted by Crippen LogP contribution is -2.42.